The van der Waals surface area contributed by atoms with Crippen molar-refractivity contribution in [2.24, 2.45) is 0 Å². The molecule has 0 bridgehead atoms. The monoisotopic (exact) mass is 365 g/mol. The third-order valence-electron chi connectivity index (χ3n) is 2.97. The Morgan fingerprint density at radius 2 is 2.21 bits per heavy atom. The van der Waals surface area contributed by atoms with Crippen LogP contribution >= 0.6 is 39.1 Å². The Labute approximate surface area is 130 Å². The van der Waals surface area contributed by atoms with E-state index in [1.165, 1.54) is 0 Å². The number of benzene rings is 1. The number of carbonyl (C=O) groups is 1. The Bertz CT molecular complexity index is 484. The first-order valence-electron chi connectivity index (χ1n) is 5.97. The lowest BCUT2D eigenvalue weighted by Crippen LogP contribution is -2.49. The lowest BCUT2D eigenvalue weighted by Gasteiger charge is -2.36. The standard InChI is InChI=1S/C13H14BrCl2NO2/c1-8-6-17(7-9(5-14)19-8)13(18)10-3-2-4-11(15)12(10)16/h2-4,8-9H,5-7H2,1H3. The van der Waals surface area contributed by atoms with E-state index in [0.717, 1.165) is 0 Å². The van der Waals surface area contributed by atoms with E-state index >= 15 is 0 Å². The van der Waals surface area contributed by atoms with Crippen molar-refractivity contribution in [1.82, 2.24) is 4.90 Å². The predicted octanol–water partition coefficient (Wildman–Crippen LogP) is 3.62. The summed E-state index contributed by atoms with van der Waals surface area (Å²) >= 11 is 15.4. The van der Waals surface area contributed by atoms with E-state index in [1.807, 2.05) is 6.92 Å². The van der Waals surface area contributed by atoms with Crippen LogP contribution < -0.4 is 0 Å². The van der Waals surface area contributed by atoms with Crippen molar-refractivity contribution in [3.05, 3.63) is 33.8 Å². The van der Waals surface area contributed by atoms with Gasteiger partial charge in [-0.1, -0.05) is 45.2 Å². The molecule has 19 heavy (non-hydrogen) atoms. The summed E-state index contributed by atoms with van der Waals surface area (Å²) < 4.78 is 5.71. The van der Waals surface area contributed by atoms with Gasteiger partial charge in [-0.2, -0.15) is 0 Å². The number of hydrogen-bond acceptors (Lipinski definition) is 2. The van der Waals surface area contributed by atoms with Gasteiger partial charge in [0.25, 0.3) is 5.91 Å². The third kappa shape index (κ3) is 3.43. The fourth-order valence-corrected chi connectivity index (χ4v) is 2.87. The molecule has 2 rings (SSSR count). The highest BCUT2D eigenvalue weighted by Crippen LogP contribution is 2.27. The van der Waals surface area contributed by atoms with Crippen LogP contribution in [0.15, 0.2) is 18.2 Å². The zero-order valence-corrected chi connectivity index (χ0v) is 13.5. The van der Waals surface area contributed by atoms with Gasteiger partial charge in [0.15, 0.2) is 0 Å². The average molecular weight is 367 g/mol. The number of rotatable bonds is 2. The van der Waals surface area contributed by atoms with Crippen molar-refractivity contribution in [2.45, 2.75) is 19.1 Å². The minimum Gasteiger partial charge on any atom is -0.371 e. The summed E-state index contributed by atoms with van der Waals surface area (Å²) in [5, 5.41) is 1.40. The van der Waals surface area contributed by atoms with Gasteiger partial charge >= 0.3 is 0 Å². The van der Waals surface area contributed by atoms with Crippen molar-refractivity contribution in [2.75, 3.05) is 18.4 Å². The minimum atomic E-state index is -0.103. The van der Waals surface area contributed by atoms with E-state index < -0.39 is 0 Å². The zero-order valence-electron chi connectivity index (χ0n) is 10.4. The molecule has 1 aromatic rings. The number of amides is 1. The van der Waals surface area contributed by atoms with Gasteiger partial charge in [0, 0.05) is 18.4 Å². The number of nitrogens with zero attached hydrogens (tertiary/aromatic N) is 1. The van der Waals surface area contributed by atoms with Gasteiger partial charge in [-0.25, -0.2) is 0 Å². The molecule has 1 amide bonds. The normalized spacial score (nSPS) is 23.5. The predicted molar refractivity (Wildman–Crippen MR) is 80.5 cm³/mol. The van der Waals surface area contributed by atoms with Crippen LogP contribution in [0.4, 0.5) is 0 Å². The fourth-order valence-electron chi connectivity index (χ4n) is 2.14. The first-order valence-corrected chi connectivity index (χ1v) is 7.85. The highest BCUT2D eigenvalue weighted by Gasteiger charge is 2.29. The molecule has 1 aliphatic rings. The lowest BCUT2D eigenvalue weighted by atomic mass is 10.1. The molecule has 6 heteroatoms. The second-order valence-corrected chi connectivity index (χ2v) is 5.97. The van der Waals surface area contributed by atoms with Crippen LogP contribution in [0, 0.1) is 0 Å². The molecule has 0 spiro atoms. The van der Waals surface area contributed by atoms with E-state index in [0.29, 0.717) is 34.0 Å². The van der Waals surface area contributed by atoms with E-state index in [2.05, 4.69) is 15.9 Å². The average Bonchev–Trinajstić information content (AvgIpc) is 2.40. The van der Waals surface area contributed by atoms with Gasteiger partial charge in [-0.05, 0) is 19.1 Å². The number of morpholine rings is 1. The molecule has 1 aliphatic heterocycles. The van der Waals surface area contributed by atoms with E-state index in [-0.39, 0.29) is 18.1 Å². The summed E-state index contributed by atoms with van der Waals surface area (Å²) in [5.74, 6) is -0.103. The summed E-state index contributed by atoms with van der Waals surface area (Å²) in [6.45, 7) is 3.07. The summed E-state index contributed by atoms with van der Waals surface area (Å²) in [5.41, 5.74) is 0.441. The van der Waals surface area contributed by atoms with Gasteiger partial charge in [0.1, 0.15) is 0 Å². The summed E-state index contributed by atoms with van der Waals surface area (Å²) in [6, 6.07) is 5.09. The largest absolute Gasteiger partial charge is 0.371 e. The highest BCUT2D eigenvalue weighted by atomic mass is 79.9. The quantitative estimate of drug-likeness (QED) is 0.748. The summed E-state index contributed by atoms with van der Waals surface area (Å²) in [6.07, 6.45) is 0.0175. The molecule has 2 atom stereocenters. The van der Waals surface area contributed by atoms with Gasteiger partial charge in [0.05, 0.1) is 27.8 Å². The molecule has 1 saturated heterocycles. The van der Waals surface area contributed by atoms with Crippen LogP contribution in [0.1, 0.15) is 17.3 Å². The zero-order chi connectivity index (χ0) is 14.0. The van der Waals surface area contributed by atoms with Crippen LogP contribution in [0.5, 0.6) is 0 Å². The highest BCUT2D eigenvalue weighted by molar-refractivity contribution is 9.09. The Morgan fingerprint density at radius 3 is 2.89 bits per heavy atom. The molecule has 2 unspecified atom stereocenters. The Balaban J connectivity index is 2.21. The first kappa shape index (κ1) is 15.1. The van der Waals surface area contributed by atoms with Crippen molar-refractivity contribution >= 4 is 45.0 Å². The second-order valence-electron chi connectivity index (χ2n) is 4.53. The maximum atomic E-state index is 12.5. The van der Waals surface area contributed by atoms with Crippen LogP contribution in [0.2, 0.25) is 10.0 Å². The molecule has 0 aromatic heterocycles. The van der Waals surface area contributed by atoms with Crippen LogP contribution in [0.25, 0.3) is 0 Å². The van der Waals surface area contributed by atoms with Crippen molar-refractivity contribution in [3.8, 4) is 0 Å². The van der Waals surface area contributed by atoms with Crippen molar-refractivity contribution < 1.29 is 9.53 Å². The molecule has 0 N–H and O–H groups in total. The maximum absolute atomic E-state index is 12.5. The Kier molecular flexibility index (Phi) is 5.12. The van der Waals surface area contributed by atoms with E-state index in [1.54, 1.807) is 23.1 Å². The fraction of sp³-hybridized carbons (Fsp3) is 0.462. The topological polar surface area (TPSA) is 29.5 Å². The Morgan fingerprint density at radius 1 is 1.47 bits per heavy atom. The molecule has 0 saturated carbocycles. The third-order valence-corrected chi connectivity index (χ3v) is 4.51. The molecular weight excluding hydrogens is 353 g/mol. The van der Waals surface area contributed by atoms with Gasteiger partial charge in [0.2, 0.25) is 0 Å². The van der Waals surface area contributed by atoms with Crippen molar-refractivity contribution in [3.63, 3.8) is 0 Å². The first-order chi connectivity index (χ1) is 9.02. The number of ether oxygens (including phenoxy) is 1. The molecular formula is C13H14BrCl2NO2. The molecule has 1 heterocycles. The van der Waals surface area contributed by atoms with Crippen molar-refractivity contribution in [1.29, 1.82) is 0 Å². The molecule has 104 valence electrons. The van der Waals surface area contributed by atoms with Crippen LogP contribution in [-0.4, -0.2) is 41.4 Å². The number of hydrogen-bond donors (Lipinski definition) is 0. The maximum Gasteiger partial charge on any atom is 0.255 e. The smallest absolute Gasteiger partial charge is 0.255 e. The van der Waals surface area contributed by atoms with Gasteiger partial charge in [-0.3, -0.25) is 4.79 Å². The minimum absolute atomic E-state index is 0.00524. The number of alkyl halides is 1. The second kappa shape index (κ2) is 6.44. The molecule has 0 radical (unpaired) electrons. The summed E-state index contributed by atoms with van der Waals surface area (Å²) in [4.78, 5) is 14.3. The summed E-state index contributed by atoms with van der Waals surface area (Å²) in [7, 11) is 0. The number of halogens is 3. The van der Waals surface area contributed by atoms with E-state index in [9.17, 15) is 4.79 Å². The SMILES string of the molecule is CC1CN(C(=O)c2cccc(Cl)c2Cl)CC(CBr)O1. The molecule has 3 nitrogen and oxygen atoms in total. The van der Waals surface area contributed by atoms with Gasteiger partial charge < -0.3 is 9.64 Å². The van der Waals surface area contributed by atoms with E-state index in [4.69, 9.17) is 27.9 Å². The van der Waals surface area contributed by atoms with Gasteiger partial charge in [-0.15, -0.1) is 0 Å². The number of carbonyl (C=O) groups excluding carboxylic acids is 1. The molecule has 1 fully saturated rings. The Hall–Kier alpha value is -0.290. The van der Waals surface area contributed by atoms with Crippen LogP contribution in [-0.2, 0) is 4.74 Å². The molecule has 1 aromatic carbocycles. The van der Waals surface area contributed by atoms with Crippen LogP contribution in [0.3, 0.4) is 0 Å². The molecule has 0 aliphatic carbocycles. The lowest BCUT2D eigenvalue weighted by molar-refractivity contribution is -0.0559.